The largest absolute Gasteiger partial charge is 0.390 e. The molecule has 2 nitrogen and oxygen atoms in total. The maximum Gasteiger partial charge on any atom is 0.159 e. The molecule has 0 aromatic heterocycles. The fourth-order valence-electron chi connectivity index (χ4n) is 6.35. The van der Waals surface area contributed by atoms with E-state index in [4.69, 9.17) is 0 Å². The van der Waals surface area contributed by atoms with E-state index in [0.717, 1.165) is 25.7 Å². The minimum Gasteiger partial charge on any atom is -0.390 e. The van der Waals surface area contributed by atoms with Crippen molar-refractivity contribution < 1.29 is 9.90 Å². The van der Waals surface area contributed by atoms with Crippen LogP contribution in [0.15, 0.2) is 23.8 Å². The lowest BCUT2D eigenvalue weighted by Gasteiger charge is -2.57. The molecule has 2 fully saturated rings. The van der Waals surface area contributed by atoms with Gasteiger partial charge in [0.15, 0.2) is 5.78 Å². The van der Waals surface area contributed by atoms with Crippen molar-refractivity contribution in [3.8, 4) is 0 Å². The topological polar surface area (TPSA) is 37.3 Å². The Bertz CT molecular complexity index is 585. The van der Waals surface area contributed by atoms with Crippen molar-refractivity contribution in [1.29, 1.82) is 0 Å². The van der Waals surface area contributed by atoms with Crippen LogP contribution in [0.2, 0.25) is 0 Å². The van der Waals surface area contributed by atoms with E-state index in [0.29, 0.717) is 24.2 Å². The van der Waals surface area contributed by atoms with E-state index in [2.05, 4.69) is 32.9 Å². The van der Waals surface area contributed by atoms with Gasteiger partial charge in [0.25, 0.3) is 0 Å². The summed E-state index contributed by atoms with van der Waals surface area (Å²) in [5, 5.41) is 10.9. The lowest BCUT2D eigenvalue weighted by atomic mass is 9.48. The average molecular weight is 300 g/mol. The fourth-order valence-corrected chi connectivity index (χ4v) is 6.35. The summed E-state index contributed by atoms with van der Waals surface area (Å²) < 4.78 is 0. The predicted molar refractivity (Wildman–Crippen MR) is 87.2 cm³/mol. The first-order chi connectivity index (χ1) is 10.3. The molecule has 2 heteroatoms. The van der Waals surface area contributed by atoms with Crippen LogP contribution in [0, 0.1) is 28.6 Å². The zero-order valence-electron chi connectivity index (χ0n) is 14.1. The summed E-state index contributed by atoms with van der Waals surface area (Å²) in [4.78, 5) is 11.8. The Morgan fingerprint density at radius 2 is 1.86 bits per heavy atom. The number of aliphatic hydroxyl groups is 1. The van der Waals surface area contributed by atoms with Crippen molar-refractivity contribution in [3.05, 3.63) is 23.8 Å². The molecule has 1 N–H and O–H groups in total. The van der Waals surface area contributed by atoms with Gasteiger partial charge in [0.2, 0.25) is 0 Å². The Hall–Kier alpha value is -0.890. The number of ketones is 1. The number of carbonyl (C=O) groups excluding carboxylic acids is 1. The van der Waals surface area contributed by atoms with Crippen molar-refractivity contribution >= 4 is 5.78 Å². The van der Waals surface area contributed by atoms with Gasteiger partial charge in [-0.1, -0.05) is 31.6 Å². The van der Waals surface area contributed by atoms with E-state index in [-0.39, 0.29) is 16.6 Å². The predicted octanol–water partition coefficient (Wildman–Crippen LogP) is 4.05. The molecule has 22 heavy (non-hydrogen) atoms. The Labute approximate surface area is 133 Å². The second-order valence-electron chi connectivity index (χ2n) is 8.87. The molecular weight excluding hydrogens is 272 g/mol. The third-order valence-corrected chi connectivity index (χ3v) is 8.08. The van der Waals surface area contributed by atoms with Crippen LogP contribution in [0.25, 0.3) is 0 Å². The van der Waals surface area contributed by atoms with Crippen LogP contribution >= 0.6 is 0 Å². The summed E-state index contributed by atoms with van der Waals surface area (Å²) in [7, 11) is 0. The maximum absolute atomic E-state index is 11.8. The molecule has 0 aromatic carbocycles. The van der Waals surface area contributed by atoms with Crippen LogP contribution in [-0.4, -0.2) is 16.5 Å². The summed E-state index contributed by atoms with van der Waals surface area (Å²) in [5.41, 5.74) is 0.998. The Morgan fingerprint density at radius 3 is 2.64 bits per heavy atom. The number of carbonyl (C=O) groups is 1. The minimum absolute atomic E-state index is 0.0735. The van der Waals surface area contributed by atoms with Gasteiger partial charge >= 0.3 is 0 Å². The van der Waals surface area contributed by atoms with Crippen molar-refractivity contribution in [2.75, 3.05) is 0 Å². The third-order valence-electron chi connectivity index (χ3n) is 8.08. The first-order valence-corrected chi connectivity index (χ1v) is 8.92. The first kappa shape index (κ1) is 14.7. The zero-order valence-corrected chi connectivity index (χ0v) is 14.1. The Kier molecular flexibility index (Phi) is 2.90. The molecular formula is C20H28O2. The van der Waals surface area contributed by atoms with Crippen molar-refractivity contribution in [3.63, 3.8) is 0 Å². The molecule has 0 unspecified atom stereocenters. The number of fused-ring (bicyclic) bond motifs is 5. The molecule has 0 bridgehead atoms. The number of hydrogen-bond acceptors (Lipinski definition) is 2. The van der Waals surface area contributed by atoms with E-state index in [1.54, 1.807) is 0 Å². The number of hydrogen-bond donors (Lipinski definition) is 1. The van der Waals surface area contributed by atoms with Gasteiger partial charge in [0.05, 0.1) is 5.60 Å². The Balaban J connectivity index is 1.73. The minimum atomic E-state index is -0.508. The van der Waals surface area contributed by atoms with Crippen LogP contribution in [0.5, 0.6) is 0 Å². The SMILES string of the molecule is C[C@]12C=CC(=O)CC1=CC[C@@H]1[C@@H]2CC[C@@]2(C)[C@H]1CC[C@@]2(C)O. The lowest BCUT2D eigenvalue weighted by Crippen LogP contribution is -2.53. The third kappa shape index (κ3) is 1.68. The fraction of sp³-hybridized carbons (Fsp3) is 0.750. The van der Waals surface area contributed by atoms with Gasteiger partial charge in [-0.3, -0.25) is 4.79 Å². The summed E-state index contributed by atoms with van der Waals surface area (Å²) in [5.74, 6) is 2.19. The number of allylic oxidation sites excluding steroid dienone is 4. The smallest absolute Gasteiger partial charge is 0.159 e. The zero-order chi connectivity index (χ0) is 15.8. The van der Waals surface area contributed by atoms with Gasteiger partial charge in [-0.2, -0.15) is 0 Å². The van der Waals surface area contributed by atoms with Gasteiger partial charge in [-0.15, -0.1) is 0 Å². The van der Waals surface area contributed by atoms with Crippen LogP contribution in [0.3, 0.4) is 0 Å². The monoisotopic (exact) mass is 300 g/mol. The van der Waals surface area contributed by atoms with Crippen molar-refractivity contribution in [1.82, 2.24) is 0 Å². The standard InChI is InChI=1S/C20H28O2/c1-18-9-6-14(21)12-13(18)4-5-15-16(18)7-10-19(2)17(15)8-11-20(19,3)22/h4,6,9,15-17,22H,5,7-8,10-12H2,1-3H3/t15-,16+,17+,18+,19+,20-/m1/s1. The van der Waals surface area contributed by atoms with E-state index < -0.39 is 5.60 Å². The quantitative estimate of drug-likeness (QED) is 0.685. The molecule has 4 rings (SSSR count). The van der Waals surface area contributed by atoms with Gasteiger partial charge in [0.1, 0.15) is 0 Å². The first-order valence-electron chi connectivity index (χ1n) is 8.92. The van der Waals surface area contributed by atoms with E-state index in [1.807, 2.05) is 6.08 Å². The van der Waals surface area contributed by atoms with Crippen molar-refractivity contribution in [2.24, 2.45) is 28.6 Å². The molecule has 4 aliphatic carbocycles. The molecule has 0 aromatic rings. The second-order valence-corrected chi connectivity index (χ2v) is 8.87. The second kappa shape index (κ2) is 4.35. The van der Waals surface area contributed by atoms with Crippen molar-refractivity contribution in [2.45, 2.75) is 64.9 Å². The number of rotatable bonds is 0. The molecule has 0 radical (unpaired) electrons. The average Bonchev–Trinajstić information content (AvgIpc) is 2.70. The van der Waals surface area contributed by atoms with Gasteiger partial charge in [0, 0.05) is 11.8 Å². The molecule has 2 saturated carbocycles. The normalized spacial score (nSPS) is 53.5. The molecule has 120 valence electrons. The molecule has 0 spiro atoms. The van der Waals surface area contributed by atoms with Gasteiger partial charge in [-0.25, -0.2) is 0 Å². The summed E-state index contributed by atoms with van der Waals surface area (Å²) in [6, 6.07) is 0. The van der Waals surface area contributed by atoms with E-state index in [9.17, 15) is 9.90 Å². The highest BCUT2D eigenvalue weighted by atomic mass is 16.3. The highest BCUT2D eigenvalue weighted by Crippen LogP contribution is 2.66. The summed E-state index contributed by atoms with van der Waals surface area (Å²) in [6.07, 6.45) is 12.5. The highest BCUT2D eigenvalue weighted by molar-refractivity contribution is 5.93. The lowest BCUT2D eigenvalue weighted by molar-refractivity contribution is -0.116. The van der Waals surface area contributed by atoms with E-state index in [1.165, 1.54) is 12.0 Å². The maximum atomic E-state index is 11.8. The Morgan fingerprint density at radius 1 is 1.14 bits per heavy atom. The highest BCUT2D eigenvalue weighted by Gasteiger charge is 2.61. The molecule has 0 amide bonds. The van der Waals surface area contributed by atoms with Crippen LogP contribution < -0.4 is 0 Å². The van der Waals surface area contributed by atoms with Crippen LogP contribution in [0.4, 0.5) is 0 Å². The molecule has 6 atom stereocenters. The van der Waals surface area contributed by atoms with Gasteiger partial charge in [-0.05, 0) is 68.3 Å². The van der Waals surface area contributed by atoms with Crippen LogP contribution in [-0.2, 0) is 4.79 Å². The molecule has 0 heterocycles. The van der Waals surface area contributed by atoms with Gasteiger partial charge < -0.3 is 5.11 Å². The van der Waals surface area contributed by atoms with Crippen LogP contribution in [0.1, 0.15) is 59.3 Å². The summed E-state index contributed by atoms with van der Waals surface area (Å²) >= 11 is 0. The van der Waals surface area contributed by atoms with E-state index >= 15 is 0 Å². The summed E-state index contributed by atoms with van der Waals surface area (Å²) in [6.45, 7) is 6.72. The molecule has 4 aliphatic rings. The molecule has 0 saturated heterocycles. The molecule has 0 aliphatic heterocycles.